The van der Waals surface area contributed by atoms with Crippen LogP contribution in [0.2, 0.25) is 0 Å². The molecule has 88 valence electrons. The summed E-state index contributed by atoms with van der Waals surface area (Å²) < 4.78 is 12.6. The van der Waals surface area contributed by atoms with Crippen molar-refractivity contribution in [2.45, 2.75) is 13.1 Å². The number of benzene rings is 1. The number of hydrogen-bond acceptors (Lipinski definition) is 4. The second-order valence-corrected chi connectivity index (χ2v) is 3.48. The molecule has 1 atom stereocenters. The molecule has 0 aromatic heterocycles. The van der Waals surface area contributed by atoms with Crippen LogP contribution in [0.5, 0.6) is 0 Å². The van der Waals surface area contributed by atoms with Gasteiger partial charge in [0.2, 0.25) is 0 Å². The van der Waals surface area contributed by atoms with Gasteiger partial charge in [-0.05, 0) is 19.1 Å². The SMILES string of the molecule is CC(F)C(=O)ON1C(=O)c2ccccc2C1=O. The Morgan fingerprint density at radius 3 is 2.12 bits per heavy atom. The van der Waals surface area contributed by atoms with E-state index in [1.54, 1.807) is 12.1 Å². The Balaban J connectivity index is 2.28. The Morgan fingerprint density at radius 1 is 1.24 bits per heavy atom. The van der Waals surface area contributed by atoms with Crippen molar-refractivity contribution < 1.29 is 23.6 Å². The van der Waals surface area contributed by atoms with Crippen molar-refractivity contribution >= 4 is 17.8 Å². The van der Waals surface area contributed by atoms with Gasteiger partial charge in [0.15, 0.2) is 6.17 Å². The number of amides is 2. The molecule has 1 aromatic carbocycles. The number of rotatable bonds is 2. The van der Waals surface area contributed by atoms with Crippen molar-refractivity contribution in [2.75, 3.05) is 0 Å². The van der Waals surface area contributed by atoms with Gasteiger partial charge in [0.1, 0.15) is 0 Å². The van der Waals surface area contributed by atoms with Crippen LogP contribution in [0.1, 0.15) is 27.6 Å². The Hall–Kier alpha value is -2.24. The van der Waals surface area contributed by atoms with Crippen LogP contribution in [0.15, 0.2) is 24.3 Å². The molecule has 1 heterocycles. The van der Waals surface area contributed by atoms with Crippen molar-refractivity contribution in [2.24, 2.45) is 0 Å². The molecule has 6 heteroatoms. The van der Waals surface area contributed by atoms with Gasteiger partial charge in [0.05, 0.1) is 11.1 Å². The minimum atomic E-state index is -1.90. The van der Waals surface area contributed by atoms with Crippen LogP contribution in [0.3, 0.4) is 0 Å². The van der Waals surface area contributed by atoms with Crippen molar-refractivity contribution in [3.8, 4) is 0 Å². The Kier molecular flexibility index (Phi) is 2.63. The predicted octanol–water partition coefficient (Wildman–Crippen LogP) is 1.10. The van der Waals surface area contributed by atoms with Gasteiger partial charge in [0, 0.05) is 0 Å². The van der Waals surface area contributed by atoms with Gasteiger partial charge in [-0.1, -0.05) is 17.2 Å². The first kappa shape index (κ1) is 11.3. The highest BCUT2D eigenvalue weighted by atomic mass is 19.1. The van der Waals surface area contributed by atoms with Crippen LogP contribution in [0.25, 0.3) is 0 Å². The number of hydrogen-bond donors (Lipinski definition) is 0. The summed E-state index contributed by atoms with van der Waals surface area (Å²) in [6.07, 6.45) is -1.90. The molecule has 17 heavy (non-hydrogen) atoms. The van der Waals surface area contributed by atoms with Crippen LogP contribution < -0.4 is 0 Å². The molecule has 0 aliphatic carbocycles. The highest BCUT2D eigenvalue weighted by Crippen LogP contribution is 2.22. The van der Waals surface area contributed by atoms with E-state index in [0.29, 0.717) is 0 Å². The zero-order chi connectivity index (χ0) is 12.6. The fourth-order valence-corrected chi connectivity index (χ4v) is 1.41. The van der Waals surface area contributed by atoms with Crippen molar-refractivity contribution in [1.82, 2.24) is 5.06 Å². The van der Waals surface area contributed by atoms with Crippen LogP contribution in [0.4, 0.5) is 4.39 Å². The summed E-state index contributed by atoms with van der Waals surface area (Å²) in [5.74, 6) is -2.81. The van der Waals surface area contributed by atoms with E-state index in [1.807, 2.05) is 0 Å². The van der Waals surface area contributed by atoms with Gasteiger partial charge in [0.25, 0.3) is 11.8 Å². The third-order valence-corrected chi connectivity index (χ3v) is 2.26. The average Bonchev–Trinajstić information content (AvgIpc) is 2.55. The van der Waals surface area contributed by atoms with Gasteiger partial charge in [-0.2, -0.15) is 0 Å². The number of carbonyl (C=O) groups excluding carboxylic acids is 3. The van der Waals surface area contributed by atoms with Gasteiger partial charge < -0.3 is 4.84 Å². The number of hydroxylamine groups is 2. The van der Waals surface area contributed by atoms with Crippen molar-refractivity contribution in [1.29, 1.82) is 0 Å². The molecule has 0 spiro atoms. The van der Waals surface area contributed by atoms with E-state index in [2.05, 4.69) is 4.84 Å². The van der Waals surface area contributed by atoms with Gasteiger partial charge >= 0.3 is 5.97 Å². The average molecular weight is 237 g/mol. The normalized spacial score (nSPS) is 15.8. The molecular formula is C11H8FNO4. The zero-order valence-corrected chi connectivity index (χ0v) is 8.84. The molecule has 1 unspecified atom stereocenters. The Labute approximate surface area is 95.7 Å². The third-order valence-electron chi connectivity index (χ3n) is 2.26. The first-order valence-electron chi connectivity index (χ1n) is 4.86. The summed E-state index contributed by atoms with van der Waals surface area (Å²) in [4.78, 5) is 38.7. The molecular weight excluding hydrogens is 229 g/mol. The molecule has 0 radical (unpaired) electrons. The summed E-state index contributed by atoms with van der Waals surface area (Å²) >= 11 is 0. The second-order valence-electron chi connectivity index (χ2n) is 3.48. The van der Waals surface area contributed by atoms with Crippen LogP contribution >= 0.6 is 0 Å². The monoisotopic (exact) mass is 237 g/mol. The van der Waals surface area contributed by atoms with E-state index in [1.165, 1.54) is 12.1 Å². The largest absolute Gasteiger partial charge is 0.366 e. The molecule has 2 amide bonds. The molecule has 0 saturated carbocycles. The van der Waals surface area contributed by atoms with E-state index in [0.717, 1.165) is 6.92 Å². The first-order valence-corrected chi connectivity index (χ1v) is 4.86. The Morgan fingerprint density at radius 2 is 1.71 bits per heavy atom. The number of halogens is 1. The van der Waals surface area contributed by atoms with Crippen molar-refractivity contribution in [3.63, 3.8) is 0 Å². The van der Waals surface area contributed by atoms with Crippen LogP contribution in [-0.2, 0) is 9.63 Å². The molecule has 0 bridgehead atoms. The summed E-state index contributed by atoms with van der Waals surface area (Å²) in [5, 5.41) is 0.281. The number of fused-ring (bicyclic) bond motifs is 1. The third kappa shape index (κ3) is 1.77. The first-order chi connectivity index (χ1) is 8.02. The molecule has 1 aliphatic heterocycles. The smallest absolute Gasteiger partial charge is 0.326 e. The number of imide groups is 1. The van der Waals surface area contributed by atoms with Gasteiger partial charge in [-0.15, -0.1) is 0 Å². The van der Waals surface area contributed by atoms with Crippen LogP contribution in [-0.4, -0.2) is 29.0 Å². The van der Waals surface area contributed by atoms with E-state index in [-0.39, 0.29) is 16.2 Å². The lowest BCUT2D eigenvalue weighted by molar-refractivity contribution is -0.173. The maximum Gasteiger partial charge on any atom is 0.366 e. The predicted molar refractivity (Wildman–Crippen MR) is 53.6 cm³/mol. The minimum absolute atomic E-state index is 0.136. The summed E-state index contributed by atoms with van der Waals surface area (Å²) in [6.45, 7) is 0.959. The molecule has 0 saturated heterocycles. The number of carbonyl (C=O) groups is 3. The molecule has 0 fully saturated rings. The summed E-state index contributed by atoms with van der Waals surface area (Å²) in [5.41, 5.74) is 0.272. The molecule has 1 aromatic rings. The standard InChI is InChI=1S/C11H8FNO4/c1-6(12)11(16)17-13-9(14)7-4-2-3-5-8(7)10(13)15/h2-6H,1H3. The van der Waals surface area contributed by atoms with E-state index in [4.69, 9.17) is 0 Å². The molecule has 2 rings (SSSR count). The second kappa shape index (κ2) is 3.97. The number of alkyl halides is 1. The number of nitrogens with zero attached hydrogens (tertiary/aromatic N) is 1. The van der Waals surface area contributed by atoms with Gasteiger partial charge in [-0.3, -0.25) is 9.59 Å². The molecule has 1 aliphatic rings. The van der Waals surface area contributed by atoms with Crippen molar-refractivity contribution in [3.05, 3.63) is 35.4 Å². The maximum atomic E-state index is 12.6. The fraction of sp³-hybridized carbons (Fsp3) is 0.182. The minimum Gasteiger partial charge on any atom is -0.326 e. The van der Waals surface area contributed by atoms with E-state index < -0.39 is 24.0 Å². The molecule has 5 nitrogen and oxygen atoms in total. The lowest BCUT2D eigenvalue weighted by atomic mass is 10.1. The Bertz CT molecular complexity index is 477. The quantitative estimate of drug-likeness (QED) is 0.722. The lowest BCUT2D eigenvalue weighted by Gasteiger charge is -2.12. The maximum absolute atomic E-state index is 12.6. The highest BCUT2D eigenvalue weighted by Gasteiger charge is 2.39. The lowest BCUT2D eigenvalue weighted by Crippen LogP contribution is -2.35. The van der Waals surface area contributed by atoms with Crippen LogP contribution in [0, 0.1) is 0 Å². The fourth-order valence-electron chi connectivity index (χ4n) is 1.41. The molecule has 0 N–H and O–H groups in total. The zero-order valence-electron chi connectivity index (χ0n) is 8.84. The van der Waals surface area contributed by atoms with E-state index >= 15 is 0 Å². The summed E-state index contributed by atoms with van der Waals surface area (Å²) in [7, 11) is 0. The topological polar surface area (TPSA) is 63.7 Å². The van der Waals surface area contributed by atoms with Gasteiger partial charge in [-0.25, -0.2) is 9.18 Å². The highest BCUT2D eigenvalue weighted by molar-refractivity contribution is 6.20. The summed E-state index contributed by atoms with van der Waals surface area (Å²) in [6, 6.07) is 6.02. The van der Waals surface area contributed by atoms with E-state index in [9.17, 15) is 18.8 Å².